The van der Waals surface area contributed by atoms with Crippen molar-refractivity contribution in [2.75, 3.05) is 13.2 Å². The Bertz CT molecular complexity index is 696. The molecule has 1 aliphatic heterocycles. The zero-order valence-corrected chi connectivity index (χ0v) is 15.6. The van der Waals surface area contributed by atoms with E-state index in [1.165, 1.54) is 24.5 Å². The van der Waals surface area contributed by atoms with Crippen LogP contribution < -0.4 is 5.32 Å². The number of likely N-dealkylation sites (tertiary alicyclic amines) is 1. The van der Waals surface area contributed by atoms with Crippen LogP contribution in [0.1, 0.15) is 56.6 Å². The third-order valence-corrected chi connectivity index (χ3v) is 5.63. The molecule has 0 unspecified atom stereocenters. The fourth-order valence-corrected chi connectivity index (χ4v) is 4.28. The monoisotopic (exact) mass is 356 g/mol. The van der Waals surface area contributed by atoms with Crippen LogP contribution in [0.2, 0.25) is 0 Å². The molecule has 0 saturated carbocycles. The minimum Gasteiger partial charge on any atom is -0.394 e. The Morgan fingerprint density at radius 2 is 1.96 bits per heavy atom. The van der Waals surface area contributed by atoms with E-state index < -0.39 is 0 Å². The van der Waals surface area contributed by atoms with Crippen LogP contribution in [0.4, 0.5) is 0 Å². The van der Waals surface area contributed by atoms with Crippen molar-refractivity contribution < 1.29 is 14.7 Å². The summed E-state index contributed by atoms with van der Waals surface area (Å²) in [5, 5.41) is 12.7. The van der Waals surface area contributed by atoms with Crippen molar-refractivity contribution in [3.8, 4) is 0 Å². The highest BCUT2D eigenvalue weighted by molar-refractivity contribution is 5.77. The highest BCUT2D eigenvalue weighted by Gasteiger charge is 2.49. The lowest BCUT2D eigenvalue weighted by atomic mass is 9.74. The smallest absolute Gasteiger partial charge is 0.220 e. The van der Waals surface area contributed by atoms with Gasteiger partial charge in [0, 0.05) is 25.8 Å². The molecule has 1 aromatic carbocycles. The molecule has 3 rings (SSSR count). The van der Waals surface area contributed by atoms with Crippen LogP contribution in [-0.2, 0) is 9.59 Å². The van der Waals surface area contributed by atoms with Gasteiger partial charge in [0.05, 0.1) is 18.7 Å². The van der Waals surface area contributed by atoms with Crippen molar-refractivity contribution in [3.05, 3.63) is 41.5 Å². The normalized spacial score (nSPS) is 24.8. The zero-order chi connectivity index (χ0) is 18.7. The Hall–Kier alpha value is -2.14. The van der Waals surface area contributed by atoms with Gasteiger partial charge in [0.1, 0.15) is 0 Å². The van der Waals surface area contributed by atoms with E-state index in [1.807, 2.05) is 6.92 Å². The lowest BCUT2D eigenvalue weighted by Gasteiger charge is -2.54. The number of carbonyl (C=O) groups is 2. The van der Waals surface area contributed by atoms with E-state index in [-0.39, 0.29) is 36.4 Å². The molecule has 2 amide bonds. The van der Waals surface area contributed by atoms with Gasteiger partial charge in [-0.1, -0.05) is 37.3 Å². The second-order valence-corrected chi connectivity index (χ2v) is 7.17. The SMILES string of the molecule is CCC(=O)NC[C@@H]1[C@@H](c2ccc(C3=CCCC3)cc2)[C@H](CO)N1C(C)=O. The number of rotatable bonds is 6. The van der Waals surface area contributed by atoms with Gasteiger partial charge in [0.25, 0.3) is 0 Å². The van der Waals surface area contributed by atoms with Gasteiger partial charge < -0.3 is 15.3 Å². The molecule has 0 radical (unpaired) electrons. The Labute approximate surface area is 155 Å². The zero-order valence-electron chi connectivity index (χ0n) is 15.6. The largest absolute Gasteiger partial charge is 0.394 e. The number of hydrogen-bond acceptors (Lipinski definition) is 3. The van der Waals surface area contributed by atoms with Crippen molar-refractivity contribution >= 4 is 17.4 Å². The fourth-order valence-electron chi connectivity index (χ4n) is 4.28. The standard InChI is InChI=1S/C21H28N2O3/c1-3-20(26)22-12-18-21(19(13-24)23(18)14(2)25)17-10-8-16(9-11-17)15-6-4-5-7-15/h6,8-11,18-19,21,24H,3-5,7,12-13H2,1-2H3,(H,22,26)/t18-,19+,21-/m1/s1. The lowest BCUT2D eigenvalue weighted by molar-refractivity contribution is -0.148. The van der Waals surface area contributed by atoms with Gasteiger partial charge in [-0.2, -0.15) is 0 Å². The van der Waals surface area contributed by atoms with Crippen molar-refractivity contribution in [1.29, 1.82) is 0 Å². The summed E-state index contributed by atoms with van der Waals surface area (Å²) in [6.45, 7) is 3.67. The quantitative estimate of drug-likeness (QED) is 0.823. The number of aliphatic hydroxyl groups excluding tert-OH is 1. The van der Waals surface area contributed by atoms with E-state index in [2.05, 4.69) is 35.7 Å². The number of benzene rings is 1. The maximum atomic E-state index is 12.0. The summed E-state index contributed by atoms with van der Waals surface area (Å²) in [7, 11) is 0. The van der Waals surface area contributed by atoms with Crippen molar-refractivity contribution in [3.63, 3.8) is 0 Å². The maximum Gasteiger partial charge on any atom is 0.220 e. The van der Waals surface area contributed by atoms with Gasteiger partial charge in [-0.25, -0.2) is 0 Å². The third-order valence-electron chi connectivity index (χ3n) is 5.63. The second-order valence-electron chi connectivity index (χ2n) is 7.17. The highest BCUT2D eigenvalue weighted by atomic mass is 16.3. The summed E-state index contributed by atoms with van der Waals surface area (Å²) in [5.41, 5.74) is 3.77. The summed E-state index contributed by atoms with van der Waals surface area (Å²) in [6.07, 6.45) is 6.23. The summed E-state index contributed by atoms with van der Waals surface area (Å²) in [4.78, 5) is 25.4. The van der Waals surface area contributed by atoms with Crippen LogP contribution in [0, 0.1) is 0 Å². The number of nitrogens with zero attached hydrogens (tertiary/aromatic N) is 1. The second kappa shape index (κ2) is 8.04. The predicted octanol–water partition coefficient (Wildman–Crippen LogP) is 2.46. The molecule has 5 nitrogen and oxygen atoms in total. The third kappa shape index (κ3) is 3.54. The van der Waals surface area contributed by atoms with Crippen molar-refractivity contribution in [2.24, 2.45) is 0 Å². The Balaban J connectivity index is 1.79. The van der Waals surface area contributed by atoms with E-state index >= 15 is 0 Å². The maximum absolute atomic E-state index is 12.0. The number of aliphatic hydroxyl groups is 1. The molecule has 5 heteroatoms. The molecule has 0 spiro atoms. The molecule has 1 fully saturated rings. The first-order chi connectivity index (χ1) is 12.6. The van der Waals surface area contributed by atoms with Gasteiger partial charge in [-0.15, -0.1) is 0 Å². The molecule has 26 heavy (non-hydrogen) atoms. The fraction of sp³-hybridized carbons (Fsp3) is 0.524. The molecule has 3 atom stereocenters. The Morgan fingerprint density at radius 3 is 2.50 bits per heavy atom. The molecule has 2 aliphatic rings. The van der Waals surface area contributed by atoms with E-state index in [4.69, 9.17) is 0 Å². The average Bonchev–Trinajstić information content (AvgIpc) is 3.15. The summed E-state index contributed by atoms with van der Waals surface area (Å²) in [5.74, 6) is -0.0559. The van der Waals surface area contributed by atoms with Crippen molar-refractivity contribution in [1.82, 2.24) is 10.2 Å². The molecule has 140 valence electrons. The summed E-state index contributed by atoms with van der Waals surface area (Å²) in [6, 6.07) is 8.14. The first kappa shape index (κ1) is 18.6. The first-order valence-corrected chi connectivity index (χ1v) is 9.52. The van der Waals surface area contributed by atoms with E-state index in [9.17, 15) is 14.7 Å². The van der Waals surface area contributed by atoms with E-state index in [0.717, 1.165) is 18.4 Å². The first-order valence-electron chi connectivity index (χ1n) is 9.52. The topological polar surface area (TPSA) is 69.6 Å². The van der Waals surface area contributed by atoms with Gasteiger partial charge in [0.2, 0.25) is 11.8 Å². The van der Waals surface area contributed by atoms with E-state index in [0.29, 0.717) is 13.0 Å². The van der Waals surface area contributed by atoms with Crippen LogP contribution >= 0.6 is 0 Å². The number of carbonyl (C=O) groups excluding carboxylic acids is 2. The summed E-state index contributed by atoms with van der Waals surface area (Å²) < 4.78 is 0. The minimum absolute atomic E-state index is 0.0248. The minimum atomic E-state index is -0.229. The van der Waals surface area contributed by atoms with Crippen LogP contribution in [0.3, 0.4) is 0 Å². The Kier molecular flexibility index (Phi) is 5.77. The molecule has 0 aromatic heterocycles. The van der Waals surface area contributed by atoms with Gasteiger partial charge in [0.15, 0.2) is 0 Å². The van der Waals surface area contributed by atoms with Crippen LogP contribution in [0.15, 0.2) is 30.3 Å². The Morgan fingerprint density at radius 1 is 1.23 bits per heavy atom. The molecule has 1 aromatic rings. The average molecular weight is 356 g/mol. The lowest BCUT2D eigenvalue weighted by Crippen LogP contribution is -2.68. The van der Waals surface area contributed by atoms with Crippen LogP contribution in [0.5, 0.6) is 0 Å². The van der Waals surface area contributed by atoms with Gasteiger partial charge >= 0.3 is 0 Å². The summed E-state index contributed by atoms with van der Waals surface area (Å²) >= 11 is 0. The van der Waals surface area contributed by atoms with Gasteiger partial charge in [-0.05, 0) is 36.0 Å². The highest BCUT2D eigenvalue weighted by Crippen LogP contribution is 2.41. The van der Waals surface area contributed by atoms with Crippen LogP contribution in [-0.4, -0.2) is 47.1 Å². The number of hydrogen-bond donors (Lipinski definition) is 2. The number of nitrogens with one attached hydrogen (secondary N) is 1. The van der Waals surface area contributed by atoms with Crippen molar-refractivity contribution in [2.45, 2.75) is 57.5 Å². The van der Waals surface area contributed by atoms with E-state index in [1.54, 1.807) is 4.90 Å². The molecule has 1 heterocycles. The number of allylic oxidation sites excluding steroid dienone is 2. The van der Waals surface area contributed by atoms with Crippen LogP contribution in [0.25, 0.3) is 5.57 Å². The molecular formula is C21H28N2O3. The molecule has 1 aliphatic carbocycles. The predicted molar refractivity (Wildman–Crippen MR) is 101 cm³/mol. The molecular weight excluding hydrogens is 328 g/mol. The number of amides is 2. The van der Waals surface area contributed by atoms with Gasteiger partial charge in [-0.3, -0.25) is 9.59 Å². The molecule has 2 N–H and O–H groups in total. The molecule has 0 bridgehead atoms. The molecule has 1 saturated heterocycles.